The standard InChI is InChI=1S/C7H10N4O2/c1-7(2-3-7)4(12)8-5-9-6(13)11-10-5/h2-3H2,1H3,(H3,8,9,10,11,12,13). The van der Waals surface area contributed by atoms with E-state index in [0.717, 1.165) is 12.8 Å². The average molecular weight is 182 g/mol. The van der Waals surface area contributed by atoms with Gasteiger partial charge in [0.1, 0.15) is 0 Å². The van der Waals surface area contributed by atoms with E-state index in [2.05, 4.69) is 20.5 Å². The minimum Gasteiger partial charge on any atom is -0.294 e. The molecule has 6 nitrogen and oxygen atoms in total. The van der Waals surface area contributed by atoms with Crippen molar-refractivity contribution in [3.05, 3.63) is 10.5 Å². The summed E-state index contributed by atoms with van der Waals surface area (Å²) >= 11 is 0. The van der Waals surface area contributed by atoms with Crippen molar-refractivity contribution in [2.75, 3.05) is 5.32 Å². The van der Waals surface area contributed by atoms with Gasteiger partial charge < -0.3 is 0 Å². The molecule has 0 aromatic carbocycles. The molecule has 1 aromatic rings. The van der Waals surface area contributed by atoms with E-state index in [-0.39, 0.29) is 17.3 Å². The van der Waals surface area contributed by atoms with Crippen LogP contribution in [0.3, 0.4) is 0 Å². The lowest BCUT2D eigenvalue weighted by Crippen LogP contribution is -2.22. The normalized spacial score (nSPS) is 18.2. The highest BCUT2D eigenvalue weighted by molar-refractivity contribution is 5.95. The second kappa shape index (κ2) is 2.45. The van der Waals surface area contributed by atoms with Crippen LogP contribution in [0, 0.1) is 5.41 Å². The van der Waals surface area contributed by atoms with E-state index >= 15 is 0 Å². The minimum atomic E-state index is -0.420. The predicted molar refractivity (Wildman–Crippen MR) is 45.2 cm³/mol. The van der Waals surface area contributed by atoms with Crippen molar-refractivity contribution in [2.45, 2.75) is 19.8 Å². The van der Waals surface area contributed by atoms with Crippen molar-refractivity contribution < 1.29 is 4.79 Å². The summed E-state index contributed by atoms with van der Waals surface area (Å²) in [5.41, 5.74) is -0.674. The predicted octanol–water partition coefficient (Wildman–Crippen LogP) is -0.163. The number of carbonyl (C=O) groups is 1. The number of amides is 1. The van der Waals surface area contributed by atoms with Gasteiger partial charge in [0.2, 0.25) is 11.9 Å². The number of aromatic amines is 2. The number of hydrogen-bond donors (Lipinski definition) is 3. The summed E-state index contributed by atoms with van der Waals surface area (Å²) in [5.74, 6) is 0.0957. The molecule has 0 spiro atoms. The molecule has 0 unspecified atom stereocenters. The molecule has 3 N–H and O–H groups in total. The molecule has 1 saturated carbocycles. The molecule has 1 aliphatic carbocycles. The van der Waals surface area contributed by atoms with Crippen molar-refractivity contribution in [3.63, 3.8) is 0 Å². The molecule has 1 amide bonds. The number of anilines is 1. The molecule has 2 rings (SSSR count). The van der Waals surface area contributed by atoms with Gasteiger partial charge in [-0.2, -0.15) is 0 Å². The smallest absolute Gasteiger partial charge is 0.294 e. The van der Waals surface area contributed by atoms with Crippen LogP contribution >= 0.6 is 0 Å². The average Bonchev–Trinajstić information content (AvgIpc) is 2.69. The zero-order valence-electron chi connectivity index (χ0n) is 7.18. The van der Waals surface area contributed by atoms with E-state index in [9.17, 15) is 9.59 Å². The van der Waals surface area contributed by atoms with Gasteiger partial charge in [-0.3, -0.25) is 15.1 Å². The molecule has 0 aliphatic heterocycles. The second-order valence-corrected chi connectivity index (χ2v) is 3.54. The zero-order valence-corrected chi connectivity index (χ0v) is 7.18. The Kier molecular flexibility index (Phi) is 1.51. The summed E-state index contributed by atoms with van der Waals surface area (Å²) in [6, 6.07) is 0. The van der Waals surface area contributed by atoms with E-state index < -0.39 is 5.69 Å². The fraction of sp³-hybridized carbons (Fsp3) is 0.571. The second-order valence-electron chi connectivity index (χ2n) is 3.54. The molecule has 1 heterocycles. The van der Waals surface area contributed by atoms with Gasteiger partial charge in [0.25, 0.3) is 0 Å². The van der Waals surface area contributed by atoms with Crippen LogP contribution in [0.25, 0.3) is 0 Å². The molecule has 0 atom stereocenters. The van der Waals surface area contributed by atoms with Crippen molar-refractivity contribution >= 4 is 11.9 Å². The molecule has 1 aliphatic rings. The summed E-state index contributed by atoms with van der Waals surface area (Å²) in [6.07, 6.45) is 1.79. The van der Waals surface area contributed by atoms with Crippen LogP contribution in [0.1, 0.15) is 19.8 Å². The molecular formula is C7H10N4O2. The van der Waals surface area contributed by atoms with Crippen LogP contribution < -0.4 is 11.0 Å². The van der Waals surface area contributed by atoms with E-state index in [4.69, 9.17) is 0 Å². The first kappa shape index (κ1) is 8.03. The third kappa shape index (κ3) is 1.47. The summed E-state index contributed by atoms with van der Waals surface area (Å²) in [5, 5.41) is 8.27. The SMILES string of the molecule is CC1(C(=O)Nc2n[nH]c(=O)[nH]2)CC1. The number of H-pyrrole nitrogens is 2. The van der Waals surface area contributed by atoms with Crippen LogP contribution in [-0.4, -0.2) is 21.1 Å². The minimum absolute atomic E-state index is 0.0877. The third-order valence-corrected chi connectivity index (χ3v) is 2.28. The number of carbonyl (C=O) groups excluding carboxylic acids is 1. The molecule has 1 fully saturated rings. The fourth-order valence-corrected chi connectivity index (χ4v) is 1.00. The Labute approximate surface area is 73.7 Å². The van der Waals surface area contributed by atoms with Crippen molar-refractivity contribution in [1.82, 2.24) is 15.2 Å². The first-order chi connectivity index (χ1) is 6.10. The fourth-order valence-electron chi connectivity index (χ4n) is 1.00. The van der Waals surface area contributed by atoms with Gasteiger partial charge in [-0.05, 0) is 12.8 Å². The van der Waals surface area contributed by atoms with E-state index in [1.807, 2.05) is 6.92 Å². The number of hydrogen-bond acceptors (Lipinski definition) is 3. The van der Waals surface area contributed by atoms with Crippen LogP contribution in [0.4, 0.5) is 5.95 Å². The maximum atomic E-state index is 11.4. The monoisotopic (exact) mass is 182 g/mol. The number of nitrogens with zero attached hydrogens (tertiary/aromatic N) is 1. The van der Waals surface area contributed by atoms with Gasteiger partial charge in [0.05, 0.1) is 0 Å². The van der Waals surface area contributed by atoms with Crippen LogP contribution in [-0.2, 0) is 4.79 Å². The summed E-state index contributed by atoms with van der Waals surface area (Å²) in [7, 11) is 0. The van der Waals surface area contributed by atoms with Crippen LogP contribution in [0.5, 0.6) is 0 Å². The molecule has 6 heteroatoms. The van der Waals surface area contributed by atoms with Gasteiger partial charge in [-0.1, -0.05) is 6.92 Å². The quantitative estimate of drug-likeness (QED) is 0.593. The Morgan fingerprint density at radius 2 is 2.31 bits per heavy atom. The Morgan fingerprint density at radius 3 is 2.77 bits per heavy atom. The highest BCUT2D eigenvalue weighted by Crippen LogP contribution is 2.45. The maximum absolute atomic E-state index is 11.4. The lowest BCUT2D eigenvalue weighted by Gasteiger charge is -2.05. The molecule has 0 bridgehead atoms. The Balaban J connectivity index is 2.06. The lowest BCUT2D eigenvalue weighted by molar-refractivity contribution is -0.120. The molecular weight excluding hydrogens is 172 g/mol. The molecule has 0 saturated heterocycles. The lowest BCUT2D eigenvalue weighted by atomic mass is 10.1. The van der Waals surface area contributed by atoms with E-state index in [1.165, 1.54) is 0 Å². The topological polar surface area (TPSA) is 90.6 Å². The van der Waals surface area contributed by atoms with Crippen molar-refractivity contribution in [2.24, 2.45) is 5.41 Å². The first-order valence-corrected chi connectivity index (χ1v) is 4.06. The molecule has 70 valence electrons. The largest absolute Gasteiger partial charge is 0.342 e. The summed E-state index contributed by atoms with van der Waals surface area (Å²) in [6.45, 7) is 1.88. The van der Waals surface area contributed by atoms with Crippen molar-refractivity contribution in [1.29, 1.82) is 0 Å². The van der Waals surface area contributed by atoms with E-state index in [1.54, 1.807) is 0 Å². The number of rotatable bonds is 2. The van der Waals surface area contributed by atoms with Gasteiger partial charge in [-0.25, -0.2) is 9.89 Å². The van der Waals surface area contributed by atoms with Gasteiger partial charge >= 0.3 is 5.69 Å². The molecule has 1 aromatic heterocycles. The van der Waals surface area contributed by atoms with Crippen LogP contribution in [0.15, 0.2) is 4.79 Å². The van der Waals surface area contributed by atoms with Gasteiger partial charge in [0.15, 0.2) is 0 Å². The third-order valence-electron chi connectivity index (χ3n) is 2.28. The molecule has 0 radical (unpaired) electrons. The summed E-state index contributed by atoms with van der Waals surface area (Å²) < 4.78 is 0. The van der Waals surface area contributed by atoms with Crippen LogP contribution in [0.2, 0.25) is 0 Å². The highest BCUT2D eigenvalue weighted by Gasteiger charge is 2.45. The first-order valence-electron chi connectivity index (χ1n) is 4.06. The highest BCUT2D eigenvalue weighted by atomic mass is 16.2. The Bertz CT molecular complexity index is 387. The van der Waals surface area contributed by atoms with Gasteiger partial charge in [-0.15, -0.1) is 5.10 Å². The Hall–Kier alpha value is -1.59. The van der Waals surface area contributed by atoms with Crippen molar-refractivity contribution in [3.8, 4) is 0 Å². The summed E-state index contributed by atoms with van der Waals surface area (Å²) in [4.78, 5) is 24.4. The number of aromatic nitrogens is 3. The molecule has 13 heavy (non-hydrogen) atoms. The maximum Gasteiger partial charge on any atom is 0.342 e. The zero-order chi connectivity index (χ0) is 9.47. The van der Waals surface area contributed by atoms with Gasteiger partial charge in [0, 0.05) is 5.41 Å². The van der Waals surface area contributed by atoms with E-state index in [0.29, 0.717) is 0 Å². The Morgan fingerprint density at radius 1 is 1.62 bits per heavy atom. The number of nitrogens with one attached hydrogen (secondary N) is 3.